The zero-order chi connectivity index (χ0) is 18.4. The number of amides is 1. The van der Waals surface area contributed by atoms with Crippen molar-refractivity contribution in [1.82, 2.24) is 5.32 Å². The molecule has 0 spiro atoms. The van der Waals surface area contributed by atoms with E-state index >= 15 is 0 Å². The Labute approximate surface area is 153 Å². The van der Waals surface area contributed by atoms with Gasteiger partial charge in [-0.05, 0) is 36.1 Å². The maximum absolute atomic E-state index is 12.4. The van der Waals surface area contributed by atoms with Gasteiger partial charge in [-0.1, -0.05) is 42.5 Å². The van der Waals surface area contributed by atoms with Gasteiger partial charge in [0.1, 0.15) is 0 Å². The topological polar surface area (TPSA) is 75.6 Å². The van der Waals surface area contributed by atoms with E-state index in [1.165, 1.54) is 17.7 Å². The number of carbonyl (C=O) groups is 2. The molecule has 1 amide bonds. The molecular formula is C21H23NO4. The highest BCUT2D eigenvalue weighted by atomic mass is 16.5. The fourth-order valence-electron chi connectivity index (χ4n) is 3.40. The summed E-state index contributed by atoms with van der Waals surface area (Å²) in [7, 11) is 0. The lowest BCUT2D eigenvalue weighted by Gasteiger charge is -2.38. The molecular weight excluding hydrogens is 330 g/mol. The van der Waals surface area contributed by atoms with Gasteiger partial charge in [0, 0.05) is 25.2 Å². The fraction of sp³-hybridized carbons (Fsp3) is 0.333. The largest absolute Gasteiger partial charge is 0.478 e. The summed E-state index contributed by atoms with van der Waals surface area (Å²) in [5.74, 6) is -1.03. The van der Waals surface area contributed by atoms with Crippen LogP contribution in [0.15, 0.2) is 54.6 Å². The zero-order valence-electron chi connectivity index (χ0n) is 14.6. The zero-order valence-corrected chi connectivity index (χ0v) is 14.6. The Kier molecular flexibility index (Phi) is 5.68. The molecule has 1 aliphatic heterocycles. The number of benzene rings is 2. The number of hydrogen-bond donors (Lipinski definition) is 2. The summed E-state index contributed by atoms with van der Waals surface area (Å²) in [6.07, 6.45) is 2.00. The summed E-state index contributed by atoms with van der Waals surface area (Å²) in [5, 5.41) is 12.0. The first-order chi connectivity index (χ1) is 12.6. The van der Waals surface area contributed by atoms with E-state index in [4.69, 9.17) is 9.84 Å². The second-order valence-electron chi connectivity index (χ2n) is 6.71. The minimum Gasteiger partial charge on any atom is -0.478 e. The Morgan fingerprint density at radius 1 is 1.00 bits per heavy atom. The second-order valence-corrected chi connectivity index (χ2v) is 6.71. The average Bonchev–Trinajstić information content (AvgIpc) is 2.68. The van der Waals surface area contributed by atoms with Gasteiger partial charge in [0.25, 0.3) is 0 Å². The van der Waals surface area contributed by atoms with Crippen molar-refractivity contribution in [3.8, 4) is 0 Å². The van der Waals surface area contributed by atoms with Crippen molar-refractivity contribution in [2.75, 3.05) is 19.8 Å². The molecule has 2 N–H and O–H groups in total. The van der Waals surface area contributed by atoms with Crippen LogP contribution in [0.25, 0.3) is 0 Å². The van der Waals surface area contributed by atoms with Gasteiger partial charge in [-0.3, -0.25) is 4.79 Å². The molecule has 2 aromatic rings. The second kappa shape index (κ2) is 8.15. The van der Waals surface area contributed by atoms with Gasteiger partial charge in [0.15, 0.2) is 0 Å². The van der Waals surface area contributed by atoms with E-state index in [-0.39, 0.29) is 23.3 Å². The highest BCUT2D eigenvalue weighted by Gasteiger charge is 2.34. The first kappa shape index (κ1) is 18.1. The number of ether oxygens (including phenoxy) is 1. The number of carboxylic acids is 1. The third-order valence-electron chi connectivity index (χ3n) is 5.03. The lowest BCUT2D eigenvalue weighted by atomic mass is 9.74. The number of nitrogens with one attached hydrogen (secondary N) is 1. The standard InChI is InChI=1S/C21H23NO4/c23-19(14-16-6-8-17(9-7-16)20(24)25)22-15-21(10-12-26-13-11-21)18-4-2-1-3-5-18/h1-9H,10-15H2,(H,22,23)(H,24,25). The van der Waals surface area contributed by atoms with E-state index in [0.717, 1.165) is 18.4 Å². The van der Waals surface area contributed by atoms with Crippen LogP contribution in [0.3, 0.4) is 0 Å². The van der Waals surface area contributed by atoms with Crippen LogP contribution in [0.2, 0.25) is 0 Å². The average molecular weight is 353 g/mol. The molecule has 0 aromatic heterocycles. The Morgan fingerprint density at radius 3 is 2.27 bits per heavy atom. The predicted octanol–water partition coefficient (Wildman–Crippen LogP) is 2.79. The Balaban J connectivity index is 1.63. The highest BCUT2D eigenvalue weighted by Crippen LogP contribution is 2.34. The first-order valence-corrected chi connectivity index (χ1v) is 8.81. The van der Waals surface area contributed by atoms with Crippen LogP contribution in [-0.2, 0) is 21.4 Å². The summed E-state index contributed by atoms with van der Waals surface area (Å²) < 4.78 is 5.52. The third kappa shape index (κ3) is 4.29. The van der Waals surface area contributed by atoms with Gasteiger partial charge < -0.3 is 15.2 Å². The van der Waals surface area contributed by atoms with E-state index < -0.39 is 5.97 Å². The van der Waals surface area contributed by atoms with Gasteiger partial charge in [-0.25, -0.2) is 4.79 Å². The summed E-state index contributed by atoms with van der Waals surface area (Å²) in [6, 6.07) is 16.7. The number of carboxylic acid groups (broad SMARTS) is 1. The molecule has 1 aliphatic rings. The van der Waals surface area contributed by atoms with Gasteiger partial charge in [0.2, 0.25) is 5.91 Å². The molecule has 1 fully saturated rings. The summed E-state index contributed by atoms with van der Waals surface area (Å²) >= 11 is 0. The SMILES string of the molecule is O=C(Cc1ccc(C(=O)O)cc1)NCC1(c2ccccc2)CCOCC1. The highest BCUT2D eigenvalue weighted by molar-refractivity contribution is 5.87. The van der Waals surface area contributed by atoms with E-state index in [1.807, 2.05) is 18.2 Å². The van der Waals surface area contributed by atoms with Gasteiger partial charge in [-0.15, -0.1) is 0 Å². The molecule has 5 nitrogen and oxygen atoms in total. The third-order valence-corrected chi connectivity index (χ3v) is 5.03. The van der Waals surface area contributed by atoms with Crippen LogP contribution in [0.4, 0.5) is 0 Å². The normalized spacial score (nSPS) is 16.0. The number of aromatic carboxylic acids is 1. The molecule has 0 atom stereocenters. The van der Waals surface area contributed by atoms with Crippen molar-refractivity contribution in [2.45, 2.75) is 24.7 Å². The lowest BCUT2D eigenvalue weighted by Crippen LogP contribution is -2.45. The van der Waals surface area contributed by atoms with Crippen LogP contribution >= 0.6 is 0 Å². The van der Waals surface area contributed by atoms with E-state index in [2.05, 4.69) is 17.4 Å². The number of rotatable bonds is 6. The summed E-state index contributed by atoms with van der Waals surface area (Å²) in [5.41, 5.74) is 2.16. The minimum absolute atomic E-state index is 0.0603. The molecule has 2 aromatic carbocycles. The molecule has 3 rings (SSSR count). The number of carbonyl (C=O) groups excluding carboxylic acids is 1. The molecule has 0 unspecified atom stereocenters. The van der Waals surface area contributed by atoms with E-state index in [9.17, 15) is 9.59 Å². The quantitative estimate of drug-likeness (QED) is 0.837. The van der Waals surface area contributed by atoms with Crippen LogP contribution in [0.5, 0.6) is 0 Å². The Hall–Kier alpha value is -2.66. The van der Waals surface area contributed by atoms with Crippen molar-refractivity contribution in [1.29, 1.82) is 0 Å². The first-order valence-electron chi connectivity index (χ1n) is 8.81. The lowest BCUT2D eigenvalue weighted by molar-refractivity contribution is -0.120. The maximum atomic E-state index is 12.4. The minimum atomic E-state index is -0.967. The maximum Gasteiger partial charge on any atom is 0.335 e. The van der Waals surface area contributed by atoms with Crippen molar-refractivity contribution < 1.29 is 19.4 Å². The predicted molar refractivity (Wildman–Crippen MR) is 98.3 cm³/mol. The molecule has 0 saturated carbocycles. The molecule has 0 radical (unpaired) electrons. The van der Waals surface area contributed by atoms with Gasteiger partial charge >= 0.3 is 5.97 Å². The monoisotopic (exact) mass is 353 g/mol. The van der Waals surface area contributed by atoms with Gasteiger partial charge in [0.05, 0.1) is 12.0 Å². The molecule has 5 heteroatoms. The summed E-state index contributed by atoms with van der Waals surface area (Å²) in [4.78, 5) is 23.3. The smallest absolute Gasteiger partial charge is 0.335 e. The summed E-state index contributed by atoms with van der Waals surface area (Å²) in [6.45, 7) is 1.97. The van der Waals surface area contributed by atoms with Crippen LogP contribution in [-0.4, -0.2) is 36.7 Å². The molecule has 26 heavy (non-hydrogen) atoms. The molecule has 1 saturated heterocycles. The van der Waals surface area contributed by atoms with Crippen LogP contribution in [0.1, 0.15) is 34.3 Å². The molecule has 0 aliphatic carbocycles. The van der Waals surface area contributed by atoms with E-state index in [0.29, 0.717) is 19.8 Å². The molecule has 0 bridgehead atoms. The number of hydrogen-bond acceptors (Lipinski definition) is 3. The Morgan fingerprint density at radius 2 is 1.65 bits per heavy atom. The van der Waals surface area contributed by atoms with E-state index in [1.54, 1.807) is 12.1 Å². The van der Waals surface area contributed by atoms with Crippen LogP contribution in [0, 0.1) is 0 Å². The Bertz CT molecular complexity index is 749. The molecule has 1 heterocycles. The fourth-order valence-corrected chi connectivity index (χ4v) is 3.40. The van der Waals surface area contributed by atoms with Gasteiger partial charge in [-0.2, -0.15) is 0 Å². The van der Waals surface area contributed by atoms with Crippen LogP contribution < -0.4 is 5.32 Å². The van der Waals surface area contributed by atoms with Crippen molar-refractivity contribution in [2.24, 2.45) is 0 Å². The van der Waals surface area contributed by atoms with Crippen molar-refractivity contribution in [3.63, 3.8) is 0 Å². The van der Waals surface area contributed by atoms with Crippen molar-refractivity contribution >= 4 is 11.9 Å². The van der Waals surface area contributed by atoms with Crippen molar-refractivity contribution in [3.05, 3.63) is 71.3 Å². The molecule has 136 valence electrons.